The second-order valence-corrected chi connectivity index (χ2v) is 4.23. The second kappa shape index (κ2) is 7.63. The second-order valence-electron chi connectivity index (χ2n) is 4.23. The van der Waals surface area contributed by atoms with Gasteiger partial charge in [-0.1, -0.05) is 19.4 Å². The zero-order chi connectivity index (χ0) is 14.3. The van der Waals surface area contributed by atoms with Crippen molar-refractivity contribution in [3.8, 4) is 11.5 Å². The van der Waals surface area contributed by atoms with Gasteiger partial charge in [0.1, 0.15) is 0 Å². The fourth-order valence-corrected chi connectivity index (χ4v) is 1.68. The molecule has 106 valence electrons. The maximum absolute atomic E-state index is 11.1. The zero-order valence-corrected chi connectivity index (χ0v) is 11.3. The summed E-state index contributed by atoms with van der Waals surface area (Å²) in [6, 6.07) is 4.93. The Morgan fingerprint density at radius 3 is 2.63 bits per heavy atom. The molecule has 0 radical (unpaired) electrons. The fourth-order valence-electron chi connectivity index (χ4n) is 1.68. The average Bonchev–Trinajstić information content (AvgIpc) is 2.43. The van der Waals surface area contributed by atoms with Crippen LogP contribution < -0.4 is 9.47 Å². The summed E-state index contributed by atoms with van der Waals surface area (Å²) < 4.78 is 10.6. The Bertz CT molecular complexity index is 416. The van der Waals surface area contributed by atoms with Crippen molar-refractivity contribution in [3.05, 3.63) is 23.8 Å². The van der Waals surface area contributed by atoms with Gasteiger partial charge in [0, 0.05) is 0 Å². The van der Waals surface area contributed by atoms with Crippen molar-refractivity contribution in [3.63, 3.8) is 0 Å². The minimum absolute atomic E-state index is 0.102. The van der Waals surface area contributed by atoms with Crippen molar-refractivity contribution in [2.24, 2.45) is 0 Å². The summed E-state index contributed by atoms with van der Waals surface area (Å²) >= 11 is 0. The van der Waals surface area contributed by atoms with Gasteiger partial charge >= 0.3 is 5.97 Å². The van der Waals surface area contributed by atoms with Gasteiger partial charge in [0.05, 0.1) is 13.7 Å². The Labute approximate surface area is 112 Å². The lowest BCUT2D eigenvalue weighted by Crippen LogP contribution is -2.27. The number of rotatable bonds is 8. The highest BCUT2D eigenvalue weighted by atomic mass is 16.5. The number of aliphatic hydroxyl groups is 1. The zero-order valence-electron chi connectivity index (χ0n) is 11.3. The fraction of sp³-hybridized carbons (Fsp3) is 0.500. The highest BCUT2D eigenvalue weighted by Gasteiger charge is 2.20. The van der Waals surface area contributed by atoms with Gasteiger partial charge in [0.25, 0.3) is 0 Å². The van der Waals surface area contributed by atoms with Crippen LogP contribution in [-0.4, -0.2) is 29.4 Å². The third-order valence-corrected chi connectivity index (χ3v) is 2.78. The number of benzene rings is 1. The predicted molar refractivity (Wildman–Crippen MR) is 70.5 cm³/mol. The minimum Gasteiger partial charge on any atom is -0.493 e. The summed E-state index contributed by atoms with van der Waals surface area (Å²) in [5.41, 5.74) is 0.685. The van der Waals surface area contributed by atoms with E-state index in [1.807, 2.05) is 6.92 Å². The quantitative estimate of drug-likeness (QED) is 0.756. The molecule has 0 aliphatic heterocycles. The highest BCUT2D eigenvalue weighted by molar-refractivity contribution is 5.72. The summed E-state index contributed by atoms with van der Waals surface area (Å²) in [7, 11) is 1.48. The molecule has 19 heavy (non-hydrogen) atoms. The molecule has 1 aromatic rings. The van der Waals surface area contributed by atoms with Gasteiger partial charge in [-0.3, -0.25) is 0 Å². The van der Waals surface area contributed by atoms with Gasteiger partial charge in [-0.2, -0.15) is 0 Å². The topological polar surface area (TPSA) is 76.0 Å². The Balaban J connectivity index is 2.86. The van der Waals surface area contributed by atoms with E-state index in [9.17, 15) is 4.79 Å². The van der Waals surface area contributed by atoms with E-state index in [1.54, 1.807) is 18.2 Å². The number of aliphatic carboxylic acids is 1. The first kappa shape index (κ1) is 15.3. The SMILES string of the molecule is CCCCC(Oc1ccc(CO)cc1OC)C(=O)O. The molecule has 0 fully saturated rings. The van der Waals surface area contributed by atoms with Crippen LogP contribution in [0.25, 0.3) is 0 Å². The summed E-state index contributed by atoms with van der Waals surface area (Å²) in [6.07, 6.45) is 1.27. The molecule has 1 rings (SSSR count). The smallest absolute Gasteiger partial charge is 0.344 e. The molecular formula is C14H20O5. The molecule has 1 unspecified atom stereocenters. The van der Waals surface area contributed by atoms with E-state index in [0.29, 0.717) is 23.5 Å². The predicted octanol–water partition coefficient (Wildman–Crippen LogP) is 2.21. The summed E-state index contributed by atoms with van der Waals surface area (Å²) in [5, 5.41) is 18.2. The van der Waals surface area contributed by atoms with Gasteiger partial charge < -0.3 is 19.7 Å². The molecular weight excluding hydrogens is 248 g/mol. The molecule has 0 saturated heterocycles. The van der Waals surface area contributed by atoms with Crippen LogP contribution in [0.1, 0.15) is 31.7 Å². The molecule has 0 aliphatic carbocycles. The molecule has 0 aliphatic rings. The largest absolute Gasteiger partial charge is 0.493 e. The molecule has 0 bridgehead atoms. The summed E-state index contributed by atoms with van der Waals surface area (Å²) in [5.74, 6) is -0.181. The number of ether oxygens (including phenoxy) is 2. The summed E-state index contributed by atoms with van der Waals surface area (Å²) in [6.45, 7) is 1.89. The molecule has 0 aromatic heterocycles. The molecule has 1 aromatic carbocycles. The Hall–Kier alpha value is -1.75. The number of carbonyl (C=O) groups is 1. The van der Waals surface area contributed by atoms with E-state index >= 15 is 0 Å². The first-order valence-corrected chi connectivity index (χ1v) is 6.29. The van der Waals surface area contributed by atoms with E-state index in [0.717, 1.165) is 12.8 Å². The van der Waals surface area contributed by atoms with Crippen molar-refractivity contribution in [1.29, 1.82) is 0 Å². The Morgan fingerprint density at radius 2 is 2.11 bits per heavy atom. The van der Waals surface area contributed by atoms with E-state index in [1.165, 1.54) is 7.11 Å². The number of carboxylic acid groups (broad SMARTS) is 1. The normalized spacial score (nSPS) is 11.9. The first-order valence-electron chi connectivity index (χ1n) is 6.29. The van der Waals surface area contributed by atoms with Crippen molar-refractivity contribution < 1.29 is 24.5 Å². The van der Waals surface area contributed by atoms with E-state index in [2.05, 4.69) is 0 Å². The van der Waals surface area contributed by atoms with Crippen molar-refractivity contribution >= 4 is 5.97 Å². The number of hydrogen-bond donors (Lipinski definition) is 2. The number of aliphatic hydroxyl groups excluding tert-OH is 1. The minimum atomic E-state index is -0.985. The number of methoxy groups -OCH3 is 1. The molecule has 1 atom stereocenters. The van der Waals surface area contributed by atoms with Crippen LogP contribution in [0.2, 0.25) is 0 Å². The first-order chi connectivity index (χ1) is 9.12. The summed E-state index contributed by atoms with van der Waals surface area (Å²) in [4.78, 5) is 11.1. The van der Waals surface area contributed by atoms with Crippen LogP contribution >= 0.6 is 0 Å². The molecule has 0 amide bonds. The van der Waals surface area contributed by atoms with E-state index in [-0.39, 0.29) is 6.61 Å². The van der Waals surface area contributed by atoms with Crippen molar-refractivity contribution in [1.82, 2.24) is 0 Å². The standard InChI is InChI=1S/C14H20O5/c1-3-4-5-12(14(16)17)19-11-7-6-10(9-15)8-13(11)18-2/h6-8,12,15H,3-5,9H2,1-2H3,(H,16,17). The van der Waals surface area contributed by atoms with Gasteiger partial charge in [-0.25, -0.2) is 4.79 Å². The van der Waals surface area contributed by atoms with Gasteiger partial charge in [-0.05, 0) is 30.5 Å². The van der Waals surface area contributed by atoms with Crippen molar-refractivity contribution in [2.45, 2.75) is 38.9 Å². The van der Waals surface area contributed by atoms with E-state index < -0.39 is 12.1 Å². The molecule has 5 nitrogen and oxygen atoms in total. The van der Waals surface area contributed by atoms with Crippen LogP contribution in [0.5, 0.6) is 11.5 Å². The number of hydrogen-bond acceptors (Lipinski definition) is 4. The maximum Gasteiger partial charge on any atom is 0.344 e. The Morgan fingerprint density at radius 1 is 1.37 bits per heavy atom. The molecule has 0 saturated carbocycles. The van der Waals surface area contributed by atoms with Crippen LogP contribution in [0.4, 0.5) is 0 Å². The van der Waals surface area contributed by atoms with Gasteiger partial charge in [0.15, 0.2) is 17.6 Å². The van der Waals surface area contributed by atoms with Crippen LogP contribution in [0.15, 0.2) is 18.2 Å². The van der Waals surface area contributed by atoms with E-state index in [4.69, 9.17) is 19.7 Å². The Kier molecular flexibility index (Phi) is 6.15. The van der Waals surface area contributed by atoms with Gasteiger partial charge in [0.2, 0.25) is 0 Å². The van der Waals surface area contributed by atoms with Gasteiger partial charge in [-0.15, -0.1) is 0 Å². The van der Waals surface area contributed by atoms with Crippen LogP contribution in [0, 0.1) is 0 Å². The van der Waals surface area contributed by atoms with Crippen LogP contribution in [0.3, 0.4) is 0 Å². The molecule has 2 N–H and O–H groups in total. The maximum atomic E-state index is 11.1. The molecule has 0 spiro atoms. The monoisotopic (exact) mass is 268 g/mol. The number of carboxylic acids is 1. The third kappa shape index (κ3) is 4.44. The lowest BCUT2D eigenvalue weighted by atomic mass is 10.1. The van der Waals surface area contributed by atoms with Crippen LogP contribution in [-0.2, 0) is 11.4 Å². The third-order valence-electron chi connectivity index (χ3n) is 2.78. The average molecular weight is 268 g/mol. The lowest BCUT2D eigenvalue weighted by Gasteiger charge is -2.17. The molecule has 5 heteroatoms. The molecule has 0 heterocycles. The lowest BCUT2D eigenvalue weighted by molar-refractivity contribution is -0.145. The highest BCUT2D eigenvalue weighted by Crippen LogP contribution is 2.29. The van der Waals surface area contributed by atoms with Crippen molar-refractivity contribution in [2.75, 3.05) is 7.11 Å². The number of unbranched alkanes of at least 4 members (excludes halogenated alkanes) is 1.